The smallest absolute Gasteiger partial charge is 0.123 e. The Morgan fingerprint density at radius 3 is 2.58 bits per heavy atom. The number of anilines is 1. The van der Waals surface area contributed by atoms with E-state index in [0.717, 1.165) is 0 Å². The van der Waals surface area contributed by atoms with Crippen LogP contribution in [0.15, 0.2) is 42.5 Å². The van der Waals surface area contributed by atoms with Crippen molar-refractivity contribution in [1.29, 1.82) is 5.26 Å². The lowest BCUT2D eigenvalue weighted by Gasteiger charge is -2.15. The first-order chi connectivity index (χ1) is 9.17. The van der Waals surface area contributed by atoms with Crippen LogP contribution >= 0.6 is 0 Å². The highest BCUT2D eigenvalue weighted by molar-refractivity contribution is 5.56. The second-order valence-electron chi connectivity index (χ2n) is 4.08. The first-order valence-corrected chi connectivity index (χ1v) is 5.75. The SMILES string of the molecule is COc1ccc(F)cc1C(C#N)c1ccccc1N. The first kappa shape index (κ1) is 12.9. The number of nitrogens with two attached hydrogens (primary N) is 1. The Labute approximate surface area is 111 Å². The van der Waals surface area contributed by atoms with E-state index in [-0.39, 0.29) is 0 Å². The molecule has 0 saturated heterocycles. The average molecular weight is 256 g/mol. The van der Waals surface area contributed by atoms with Crippen LogP contribution in [0, 0.1) is 17.1 Å². The molecule has 1 unspecified atom stereocenters. The molecule has 0 fully saturated rings. The molecule has 0 aliphatic rings. The van der Waals surface area contributed by atoms with Crippen LogP contribution in [0.1, 0.15) is 17.0 Å². The highest BCUT2D eigenvalue weighted by atomic mass is 19.1. The maximum atomic E-state index is 13.4. The minimum Gasteiger partial charge on any atom is -0.496 e. The summed E-state index contributed by atoms with van der Waals surface area (Å²) in [5.41, 5.74) is 7.50. The molecule has 0 amide bonds. The van der Waals surface area contributed by atoms with E-state index in [9.17, 15) is 9.65 Å². The molecule has 0 bridgehead atoms. The van der Waals surface area contributed by atoms with Crippen molar-refractivity contribution in [2.45, 2.75) is 5.92 Å². The summed E-state index contributed by atoms with van der Waals surface area (Å²) >= 11 is 0. The fourth-order valence-electron chi connectivity index (χ4n) is 2.01. The van der Waals surface area contributed by atoms with Gasteiger partial charge in [0.05, 0.1) is 13.2 Å². The molecule has 0 spiro atoms. The third kappa shape index (κ3) is 2.50. The molecule has 3 nitrogen and oxygen atoms in total. The number of nitrogens with zero attached hydrogens (tertiary/aromatic N) is 1. The van der Waals surface area contributed by atoms with Gasteiger partial charge < -0.3 is 10.5 Å². The molecule has 0 heterocycles. The first-order valence-electron chi connectivity index (χ1n) is 5.75. The molecule has 4 heteroatoms. The molecule has 2 rings (SSSR count). The van der Waals surface area contributed by atoms with Crippen LogP contribution in [0.2, 0.25) is 0 Å². The van der Waals surface area contributed by atoms with Gasteiger partial charge in [0.15, 0.2) is 0 Å². The lowest BCUT2D eigenvalue weighted by molar-refractivity contribution is 0.408. The van der Waals surface area contributed by atoms with E-state index >= 15 is 0 Å². The Kier molecular flexibility index (Phi) is 3.67. The fraction of sp³-hybridized carbons (Fsp3) is 0.133. The van der Waals surface area contributed by atoms with E-state index in [2.05, 4.69) is 6.07 Å². The second-order valence-corrected chi connectivity index (χ2v) is 4.08. The third-order valence-electron chi connectivity index (χ3n) is 2.94. The number of nitrogen functional groups attached to an aromatic ring is 1. The van der Waals surface area contributed by atoms with Crippen LogP contribution in [0.3, 0.4) is 0 Å². The van der Waals surface area contributed by atoms with Crippen LogP contribution in [0.5, 0.6) is 5.75 Å². The number of ether oxygens (including phenoxy) is 1. The van der Waals surface area contributed by atoms with Gasteiger partial charge in [-0.05, 0) is 29.8 Å². The summed E-state index contributed by atoms with van der Waals surface area (Å²) in [6.45, 7) is 0. The van der Waals surface area contributed by atoms with E-state index in [1.807, 2.05) is 0 Å². The van der Waals surface area contributed by atoms with Crippen molar-refractivity contribution in [3.05, 3.63) is 59.4 Å². The van der Waals surface area contributed by atoms with Gasteiger partial charge in [0.1, 0.15) is 17.5 Å². The van der Waals surface area contributed by atoms with Crippen molar-refractivity contribution in [3.63, 3.8) is 0 Å². The lowest BCUT2D eigenvalue weighted by atomic mass is 9.90. The molecular formula is C15H13FN2O. The van der Waals surface area contributed by atoms with Crippen molar-refractivity contribution >= 4 is 5.69 Å². The Balaban J connectivity index is 2.58. The lowest BCUT2D eigenvalue weighted by Crippen LogP contribution is -2.05. The van der Waals surface area contributed by atoms with Crippen LogP contribution in [-0.2, 0) is 0 Å². The number of halogens is 1. The summed E-state index contributed by atoms with van der Waals surface area (Å²) in [4.78, 5) is 0. The number of methoxy groups -OCH3 is 1. The zero-order valence-corrected chi connectivity index (χ0v) is 10.4. The summed E-state index contributed by atoms with van der Waals surface area (Å²) in [5, 5.41) is 9.38. The second kappa shape index (κ2) is 5.40. The summed E-state index contributed by atoms with van der Waals surface area (Å²) in [5.74, 6) is -0.603. The number of hydrogen-bond acceptors (Lipinski definition) is 3. The normalized spacial score (nSPS) is 11.6. The van der Waals surface area contributed by atoms with Crippen LogP contribution in [0.25, 0.3) is 0 Å². The molecule has 0 aromatic heterocycles. The van der Waals surface area contributed by atoms with E-state index in [4.69, 9.17) is 10.5 Å². The molecule has 96 valence electrons. The zero-order valence-electron chi connectivity index (χ0n) is 10.4. The molecular weight excluding hydrogens is 243 g/mol. The molecule has 19 heavy (non-hydrogen) atoms. The fourth-order valence-corrected chi connectivity index (χ4v) is 2.01. The largest absolute Gasteiger partial charge is 0.496 e. The number of benzene rings is 2. The van der Waals surface area contributed by atoms with Crippen molar-refractivity contribution < 1.29 is 9.13 Å². The molecule has 0 aliphatic heterocycles. The Hall–Kier alpha value is -2.54. The molecule has 2 N–H and O–H groups in total. The minimum atomic E-state index is -0.660. The van der Waals surface area contributed by atoms with Crippen molar-refractivity contribution in [2.24, 2.45) is 0 Å². The Morgan fingerprint density at radius 2 is 1.95 bits per heavy atom. The molecule has 2 aromatic carbocycles. The van der Waals surface area contributed by atoms with Gasteiger partial charge in [-0.25, -0.2) is 4.39 Å². The highest BCUT2D eigenvalue weighted by Gasteiger charge is 2.20. The van der Waals surface area contributed by atoms with Crippen LogP contribution in [-0.4, -0.2) is 7.11 Å². The summed E-state index contributed by atoms with van der Waals surface area (Å²) in [6, 6.07) is 13.3. The Bertz CT molecular complexity index is 634. The van der Waals surface area contributed by atoms with E-state index in [1.54, 1.807) is 24.3 Å². The van der Waals surface area contributed by atoms with Crippen LogP contribution < -0.4 is 10.5 Å². The molecule has 0 aliphatic carbocycles. The summed E-state index contributed by atoms with van der Waals surface area (Å²) < 4.78 is 18.6. The molecule has 0 saturated carbocycles. The standard InChI is InChI=1S/C15H13FN2O/c1-19-15-7-6-10(16)8-12(15)13(9-17)11-4-2-3-5-14(11)18/h2-8,13H,18H2,1H3. The maximum absolute atomic E-state index is 13.4. The van der Waals surface area contributed by atoms with Gasteiger partial charge in [-0.1, -0.05) is 18.2 Å². The molecule has 1 atom stereocenters. The molecule has 0 radical (unpaired) electrons. The Morgan fingerprint density at radius 1 is 1.21 bits per heavy atom. The topological polar surface area (TPSA) is 59.0 Å². The summed E-state index contributed by atoms with van der Waals surface area (Å²) in [7, 11) is 1.49. The van der Waals surface area contributed by atoms with Gasteiger partial charge in [0, 0.05) is 11.3 Å². The van der Waals surface area contributed by atoms with E-state index < -0.39 is 11.7 Å². The van der Waals surface area contributed by atoms with Crippen molar-refractivity contribution in [2.75, 3.05) is 12.8 Å². The number of para-hydroxylation sites is 1. The van der Waals surface area contributed by atoms with E-state index in [0.29, 0.717) is 22.6 Å². The highest BCUT2D eigenvalue weighted by Crippen LogP contribution is 2.34. The van der Waals surface area contributed by atoms with Gasteiger partial charge in [0.25, 0.3) is 0 Å². The van der Waals surface area contributed by atoms with Crippen LogP contribution in [0.4, 0.5) is 10.1 Å². The number of hydrogen-bond donors (Lipinski definition) is 1. The quantitative estimate of drug-likeness (QED) is 0.858. The van der Waals surface area contributed by atoms with Crippen molar-refractivity contribution in [1.82, 2.24) is 0 Å². The predicted molar refractivity (Wildman–Crippen MR) is 71.3 cm³/mol. The van der Waals surface area contributed by atoms with Gasteiger partial charge >= 0.3 is 0 Å². The molecule has 2 aromatic rings. The number of nitriles is 1. The zero-order chi connectivity index (χ0) is 13.8. The van der Waals surface area contributed by atoms with E-state index in [1.165, 1.54) is 25.3 Å². The monoisotopic (exact) mass is 256 g/mol. The minimum absolute atomic E-state index is 0.412. The number of rotatable bonds is 3. The average Bonchev–Trinajstić information content (AvgIpc) is 2.42. The maximum Gasteiger partial charge on any atom is 0.123 e. The van der Waals surface area contributed by atoms with Gasteiger partial charge in [-0.2, -0.15) is 5.26 Å². The van der Waals surface area contributed by atoms with Gasteiger partial charge in [-0.3, -0.25) is 0 Å². The predicted octanol–water partition coefficient (Wildman–Crippen LogP) is 3.07. The third-order valence-corrected chi connectivity index (χ3v) is 2.94. The van der Waals surface area contributed by atoms with Gasteiger partial charge in [0.2, 0.25) is 0 Å². The van der Waals surface area contributed by atoms with Crippen molar-refractivity contribution in [3.8, 4) is 11.8 Å². The van der Waals surface area contributed by atoms with Gasteiger partial charge in [-0.15, -0.1) is 0 Å². The summed E-state index contributed by atoms with van der Waals surface area (Å²) in [6.07, 6.45) is 0.